The van der Waals surface area contributed by atoms with Gasteiger partial charge in [0.25, 0.3) is 0 Å². The molecule has 1 heterocycles. The molecule has 1 aliphatic heterocycles. The number of benzene rings is 1. The van der Waals surface area contributed by atoms with Crippen LogP contribution in [0.25, 0.3) is 0 Å². The predicted octanol–water partition coefficient (Wildman–Crippen LogP) is 0.818. The van der Waals surface area contributed by atoms with E-state index in [1.807, 2.05) is 30.3 Å². The molecule has 2 rings (SSSR count). The first-order chi connectivity index (χ1) is 9.34. The SMILES string of the molecule is O=C(NCCN1CCOCC1)NCc1ccccc1. The van der Waals surface area contributed by atoms with Crippen LogP contribution in [-0.2, 0) is 11.3 Å². The van der Waals surface area contributed by atoms with Crippen molar-refractivity contribution in [1.82, 2.24) is 15.5 Å². The number of amides is 2. The van der Waals surface area contributed by atoms with Crippen molar-refractivity contribution in [2.75, 3.05) is 39.4 Å². The van der Waals surface area contributed by atoms with E-state index in [0.29, 0.717) is 13.1 Å². The van der Waals surface area contributed by atoms with Crippen LogP contribution in [0, 0.1) is 0 Å². The van der Waals surface area contributed by atoms with E-state index in [-0.39, 0.29) is 6.03 Å². The van der Waals surface area contributed by atoms with Crippen LogP contribution in [0.2, 0.25) is 0 Å². The van der Waals surface area contributed by atoms with Gasteiger partial charge in [-0.3, -0.25) is 4.90 Å². The molecule has 0 unspecified atom stereocenters. The van der Waals surface area contributed by atoms with Crippen molar-refractivity contribution < 1.29 is 9.53 Å². The van der Waals surface area contributed by atoms with E-state index < -0.39 is 0 Å². The van der Waals surface area contributed by atoms with Crippen LogP contribution in [0.1, 0.15) is 5.56 Å². The Kier molecular flexibility index (Phi) is 5.65. The van der Waals surface area contributed by atoms with Crippen molar-refractivity contribution in [3.05, 3.63) is 35.9 Å². The van der Waals surface area contributed by atoms with E-state index in [2.05, 4.69) is 15.5 Å². The van der Waals surface area contributed by atoms with Gasteiger partial charge in [-0.25, -0.2) is 4.79 Å². The van der Waals surface area contributed by atoms with Crippen molar-refractivity contribution >= 4 is 6.03 Å². The number of hydrogen-bond acceptors (Lipinski definition) is 3. The normalized spacial score (nSPS) is 16.0. The molecule has 0 atom stereocenters. The zero-order valence-corrected chi connectivity index (χ0v) is 11.1. The smallest absolute Gasteiger partial charge is 0.315 e. The quantitative estimate of drug-likeness (QED) is 0.827. The fourth-order valence-corrected chi connectivity index (χ4v) is 1.99. The molecule has 0 radical (unpaired) electrons. The third-order valence-corrected chi connectivity index (χ3v) is 3.11. The molecule has 0 aliphatic carbocycles. The summed E-state index contributed by atoms with van der Waals surface area (Å²) in [5.41, 5.74) is 1.10. The molecule has 1 aromatic carbocycles. The van der Waals surface area contributed by atoms with Gasteiger partial charge in [0, 0.05) is 32.7 Å². The van der Waals surface area contributed by atoms with E-state index in [1.54, 1.807) is 0 Å². The highest BCUT2D eigenvalue weighted by atomic mass is 16.5. The van der Waals surface area contributed by atoms with E-state index in [9.17, 15) is 4.79 Å². The first-order valence-electron chi connectivity index (χ1n) is 6.70. The molecule has 19 heavy (non-hydrogen) atoms. The Morgan fingerprint density at radius 2 is 1.89 bits per heavy atom. The minimum Gasteiger partial charge on any atom is -0.379 e. The van der Waals surface area contributed by atoms with Crippen molar-refractivity contribution in [3.8, 4) is 0 Å². The van der Waals surface area contributed by atoms with Crippen LogP contribution in [0.4, 0.5) is 4.79 Å². The Morgan fingerprint density at radius 1 is 1.16 bits per heavy atom. The van der Waals surface area contributed by atoms with Gasteiger partial charge in [-0.15, -0.1) is 0 Å². The second kappa shape index (κ2) is 7.76. The number of nitrogens with one attached hydrogen (secondary N) is 2. The van der Waals surface area contributed by atoms with Gasteiger partial charge in [-0.2, -0.15) is 0 Å². The molecule has 1 aromatic rings. The Labute approximate surface area is 113 Å². The molecule has 1 saturated heterocycles. The molecule has 1 fully saturated rings. The third kappa shape index (κ3) is 5.28. The van der Waals surface area contributed by atoms with Gasteiger partial charge < -0.3 is 15.4 Å². The molecular weight excluding hydrogens is 242 g/mol. The molecule has 5 heteroatoms. The molecule has 0 bridgehead atoms. The molecule has 0 spiro atoms. The summed E-state index contributed by atoms with van der Waals surface area (Å²) in [6, 6.07) is 9.77. The molecule has 104 valence electrons. The standard InChI is InChI=1S/C14H21N3O2/c18-14(16-12-13-4-2-1-3-5-13)15-6-7-17-8-10-19-11-9-17/h1-5H,6-12H2,(H2,15,16,18). The fourth-order valence-electron chi connectivity index (χ4n) is 1.99. The van der Waals surface area contributed by atoms with E-state index in [1.165, 1.54) is 0 Å². The largest absolute Gasteiger partial charge is 0.379 e. The summed E-state index contributed by atoms with van der Waals surface area (Å²) in [7, 11) is 0. The van der Waals surface area contributed by atoms with E-state index in [0.717, 1.165) is 38.4 Å². The molecule has 1 aliphatic rings. The molecule has 2 amide bonds. The molecule has 0 saturated carbocycles. The van der Waals surface area contributed by atoms with Gasteiger partial charge in [-0.1, -0.05) is 30.3 Å². The van der Waals surface area contributed by atoms with E-state index >= 15 is 0 Å². The maximum atomic E-state index is 11.6. The summed E-state index contributed by atoms with van der Waals surface area (Å²) in [5.74, 6) is 0. The van der Waals surface area contributed by atoms with Crippen LogP contribution in [0.3, 0.4) is 0 Å². The Morgan fingerprint density at radius 3 is 2.63 bits per heavy atom. The average molecular weight is 263 g/mol. The predicted molar refractivity (Wildman–Crippen MR) is 73.9 cm³/mol. The monoisotopic (exact) mass is 263 g/mol. The van der Waals surface area contributed by atoms with Gasteiger partial charge in [0.15, 0.2) is 0 Å². The molecular formula is C14H21N3O2. The van der Waals surface area contributed by atoms with Crippen molar-refractivity contribution in [2.45, 2.75) is 6.54 Å². The zero-order valence-electron chi connectivity index (χ0n) is 11.1. The average Bonchev–Trinajstić information content (AvgIpc) is 2.47. The summed E-state index contributed by atoms with van der Waals surface area (Å²) in [4.78, 5) is 13.9. The number of carbonyl (C=O) groups is 1. The first kappa shape index (κ1) is 13.8. The summed E-state index contributed by atoms with van der Waals surface area (Å²) in [6.07, 6.45) is 0. The highest BCUT2D eigenvalue weighted by Crippen LogP contribution is 1.97. The lowest BCUT2D eigenvalue weighted by molar-refractivity contribution is 0.0387. The van der Waals surface area contributed by atoms with Crippen LogP contribution >= 0.6 is 0 Å². The molecule has 2 N–H and O–H groups in total. The lowest BCUT2D eigenvalue weighted by Gasteiger charge is -2.26. The number of carbonyl (C=O) groups excluding carboxylic acids is 1. The lowest BCUT2D eigenvalue weighted by atomic mass is 10.2. The van der Waals surface area contributed by atoms with Gasteiger partial charge in [0.05, 0.1) is 13.2 Å². The molecule has 0 aromatic heterocycles. The maximum Gasteiger partial charge on any atom is 0.315 e. The minimum absolute atomic E-state index is 0.114. The van der Waals surface area contributed by atoms with Crippen LogP contribution in [0.15, 0.2) is 30.3 Å². The number of nitrogens with zero attached hydrogens (tertiary/aromatic N) is 1. The minimum atomic E-state index is -0.114. The van der Waals surface area contributed by atoms with Crippen LogP contribution in [0.5, 0.6) is 0 Å². The maximum absolute atomic E-state index is 11.6. The number of hydrogen-bond donors (Lipinski definition) is 2. The topological polar surface area (TPSA) is 53.6 Å². The third-order valence-electron chi connectivity index (χ3n) is 3.11. The summed E-state index contributed by atoms with van der Waals surface area (Å²) < 4.78 is 5.27. The van der Waals surface area contributed by atoms with Gasteiger partial charge in [0.1, 0.15) is 0 Å². The van der Waals surface area contributed by atoms with Crippen molar-refractivity contribution in [2.24, 2.45) is 0 Å². The summed E-state index contributed by atoms with van der Waals surface area (Å²) >= 11 is 0. The molecule has 5 nitrogen and oxygen atoms in total. The van der Waals surface area contributed by atoms with E-state index in [4.69, 9.17) is 4.74 Å². The highest BCUT2D eigenvalue weighted by Gasteiger charge is 2.09. The number of urea groups is 1. The number of ether oxygens (including phenoxy) is 1. The number of morpholine rings is 1. The Bertz CT molecular complexity index is 378. The van der Waals surface area contributed by atoms with Crippen molar-refractivity contribution in [1.29, 1.82) is 0 Å². The highest BCUT2D eigenvalue weighted by molar-refractivity contribution is 5.73. The second-order valence-corrected chi connectivity index (χ2v) is 4.55. The Hall–Kier alpha value is -1.59. The van der Waals surface area contributed by atoms with Crippen LogP contribution < -0.4 is 10.6 Å². The second-order valence-electron chi connectivity index (χ2n) is 4.55. The van der Waals surface area contributed by atoms with Gasteiger partial charge in [0.2, 0.25) is 0 Å². The van der Waals surface area contributed by atoms with Crippen molar-refractivity contribution in [3.63, 3.8) is 0 Å². The fraction of sp³-hybridized carbons (Fsp3) is 0.500. The number of rotatable bonds is 5. The zero-order chi connectivity index (χ0) is 13.3. The summed E-state index contributed by atoms with van der Waals surface area (Å²) in [6.45, 7) is 5.59. The first-order valence-corrected chi connectivity index (χ1v) is 6.70. The summed E-state index contributed by atoms with van der Waals surface area (Å²) in [5, 5.41) is 5.71. The Balaban J connectivity index is 1.57. The lowest BCUT2D eigenvalue weighted by Crippen LogP contribution is -2.43. The van der Waals surface area contributed by atoms with Gasteiger partial charge in [-0.05, 0) is 5.56 Å². The van der Waals surface area contributed by atoms with Crippen LogP contribution in [-0.4, -0.2) is 50.3 Å². The van der Waals surface area contributed by atoms with Gasteiger partial charge >= 0.3 is 6.03 Å².